The fraction of sp³-hybridized carbons (Fsp3) is 0.750. The number of hydrogen-bond acceptors (Lipinski definition) is 4. The van der Waals surface area contributed by atoms with Crippen LogP contribution in [-0.2, 0) is 14.3 Å². The molecule has 0 aromatic heterocycles. The highest BCUT2D eigenvalue weighted by Crippen LogP contribution is 2.23. The number of likely N-dealkylation sites (tertiary alicyclic amines) is 1. The van der Waals surface area contributed by atoms with Crippen LogP contribution in [0.3, 0.4) is 0 Å². The van der Waals surface area contributed by atoms with Crippen LogP contribution in [0.1, 0.15) is 20.8 Å². The van der Waals surface area contributed by atoms with Gasteiger partial charge in [0, 0.05) is 13.1 Å². The Hall–Kier alpha value is -1.79. The molecule has 1 fully saturated rings. The van der Waals surface area contributed by atoms with Crippen molar-refractivity contribution in [2.75, 3.05) is 19.7 Å². The second-order valence-electron chi connectivity index (χ2n) is 4.75. The van der Waals surface area contributed by atoms with E-state index in [9.17, 15) is 14.4 Å². The molecule has 7 nitrogen and oxygen atoms in total. The van der Waals surface area contributed by atoms with Crippen molar-refractivity contribution in [3.8, 4) is 0 Å². The Kier molecular flexibility index (Phi) is 5.14. The first-order valence-corrected chi connectivity index (χ1v) is 6.31. The van der Waals surface area contributed by atoms with Gasteiger partial charge in [-0.1, -0.05) is 6.92 Å². The Morgan fingerprint density at radius 2 is 2.05 bits per heavy atom. The summed E-state index contributed by atoms with van der Waals surface area (Å²) in [5.41, 5.74) is 0. The number of carboxylic acids is 1. The first-order valence-electron chi connectivity index (χ1n) is 6.31. The second kappa shape index (κ2) is 6.40. The van der Waals surface area contributed by atoms with Gasteiger partial charge in [0.1, 0.15) is 6.04 Å². The molecule has 1 unspecified atom stereocenters. The number of nitrogens with zero attached hydrogens (tertiary/aromatic N) is 1. The lowest BCUT2D eigenvalue weighted by Crippen LogP contribution is -2.46. The van der Waals surface area contributed by atoms with Gasteiger partial charge in [0.2, 0.25) is 0 Å². The van der Waals surface area contributed by atoms with Crippen molar-refractivity contribution >= 4 is 18.0 Å². The van der Waals surface area contributed by atoms with Gasteiger partial charge in [-0.25, -0.2) is 9.59 Å². The number of carboxylic acid groups (broad SMARTS) is 1. The molecule has 1 heterocycles. The van der Waals surface area contributed by atoms with Crippen LogP contribution in [0, 0.1) is 11.8 Å². The van der Waals surface area contributed by atoms with E-state index in [-0.39, 0.29) is 19.1 Å². The maximum atomic E-state index is 11.9. The number of esters is 1. The number of carbonyl (C=O) groups excluding carboxylic acids is 2. The fourth-order valence-electron chi connectivity index (χ4n) is 2.06. The van der Waals surface area contributed by atoms with Gasteiger partial charge in [0.25, 0.3) is 0 Å². The van der Waals surface area contributed by atoms with Crippen molar-refractivity contribution < 1.29 is 24.2 Å². The average Bonchev–Trinajstić information content (AvgIpc) is 2.71. The van der Waals surface area contributed by atoms with E-state index < -0.39 is 29.9 Å². The van der Waals surface area contributed by atoms with E-state index in [4.69, 9.17) is 9.84 Å². The van der Waals surface area contributed by atoms with Crippen LogP contribution in [-0.4, -0.2) is 53.7 Å². The summed E-state index contributed by atoms with van der Waals surface area (Å²) in [7, 11) is 0. The molecule has 1 aliphatic heterocycles. The van der Waals surface area contributed by atoms with E-state index in [1.807, 2.05) is 0 Å². The molecule has 2 N–H and O–H groups in total. The van der Waals surface area contributed by atoms with Crippen molar-refractivity contribution in [1.82, 2.24) is 10.2 Å². The molecule has 19 heavy (non-hydrogen) atoms. The molecule has 0 saturated carbocycles. The molecule has 0 aromatic rings. The monoisotopic (exact) mass is 272 g/mol. The summed E-state index contributed by atoms with van der Waals surface area (Å²) in [6.45, 7) is 5.80. The van der Waals surface area contributed by atoms with Gasteiger partial charge >= 0.3 is 18.0 Å². The molecule has 1 saturated heterocycles. The highest BCUT2D eigenvalue weighted by Gasteiger charge is 2.37. The molecular formula is C12H20N2O5. The van der Waals surface area contributed by atoms with Crippen LogP contribution in [0.4, 0.5) is 4.79 Å². The minimum Gasteiger partial charge on any atom is -0.481 e. The summed E-state index contributed by atoms with van der Waals surface area (Å²) in [5, 5.41) is 11.5. The third-order valence-corrected chi connectivity index (χ3v) is 3.20. The van der Waals surface area contributed by atoms with Gasteiger partial charge in [-0.3, -0.25) is 4.79 Å². The lowest BCUT2D eigenvalue weighted by molar-refractivity contribution is -0.145. The third-order valence-electron chi connectivity index (χ3n) is 3.20. The van der Waals surface area contributed by atoms with Gasteiger partial charge in [0.05, 0.1) is 12.5 Å². The van der Waals surface area contributed by atoms with Gasteiger partial charge in [-0.2, -0.15) is 0 Å². The van der Waals surface area contributed by atoms with Crippen LogP contribution in [0.2, 0.25) is 0 Å². The molecular weight excluding hydrogens is 252 g/mol. The molecule has 1 rings (SSSR count). The van der Waals surface area contributed by atoms with Gasteiger partial charge in [-0.05, 0) is 19.8 Å². The van der Waals surface area contributed by atoms with Gasteiger partial charge in [0.15, 0.2) is 0 Å². The molecule has 1 aliphatic rings. The van der Waals surface area contributed by atoms with E-state index in [1.165, 1.54) is 11.8 Å². The van der Waals surface area contributed by atoms with E-state index in [0.29, 0.717) is 6.54 Å². The van der Waals surface area contributed by atoms with E-state index in [0.717, 1.165) is 0 Å². The smallest absolute Gasteiger partial charge is 0.328 e. The summed E-state index contributed by atoms with van der Waals surface area (Å²) in [4.78, 5) is 35.7. The van der Waals surface area contributed by atoms with E-state index >= 15 is 0 Å². The Morgan fingerprint density at radius 3 is 2.53 bits per heavy atom. The van der Waals surface area contributed by atoms with Gasteiger partial charge < -0.3 is 20.1 Å². The first-order chi connectivity index (χ1) is 8.86. The van der Waals surface area contributed by atoms with Crippen LogP contribution in [0.25, 0.3) is 0 Å². The first kappa shape index (κ1) is 15.3. The third kappa shape index (κ3) is 3.84. The molecule has 0 radical (unpaired) electrons. The van der Waals surface area contributed by atoms with E-state index in [2.05, 4.69) is 5.32 Å². The number of nitrogens with one attached hydrogen (secondary N) is 1. The number of hydrogen-bond donors (Lipinski definition) is 2. The normalized spacial score (nSPS) is 23.8. The van der Waals surface area contributed by atoms with Crippen molar-refractivity contribution in [2.45, 2.75) is 26.8 Å². The molecule has 0 bridgehead atoms. The lowest BCUT2D eigenvalue weighted by atomic mass is 9.99. The van der Waals surface area contributed by atoms with Crippen molar-refractivity contribution in [3.05, 3.63) is 0 Å². The largest absolute Gasteiger partial charge is 0.481 e. The number of ether oxygens (including phenoxy) is 1. The summed E-state index contributed by atoms with van der Waals surface area (Å²) in [6.07, 6.45) is 0. The second-order valence-corrected chi connectivity index (χ2v) is 4.75. The predicted molar refractivity (Wildman–Crippen MR) is 66.5 cm³/mol. The summed E-state index contributed by atoms with van der Waals surface area (Å²) < 4.78 is 4.78. The van der Waals surface area contributed by atoms with Crippen LogP contribution >= 0.6 is 0 Å². The summed E-state index contributed by atoms with van der Waals surface area (Å²) in [6, 6.07) is -1.18. The Morgan fingerprint density at radius 1 is 1.42 bits per heavy atom. The summed E-state index contributed by atoms with van der Waals surface area (Å²) >= 11 is 0. The summed E-state index contributed by atoms with van der Waals surface area (Å²) in [5.74, 6) is -2.05. The predicted octanol–water partition coefficient (Wildman–Crippen LogP) is 0.300. The van der Waals surface area contributed by atoms with Crippen molar-refractivity contribution in [3.63, 3.8) is 0 Å². The zero-order valence-electron chi connectivity index (χ0n) is 11.4. The van der Waals surface area contributed by atoms with Crippen molar-refractivity contribution in [1.29, 1.82) is 0 Å². The zero-order chi connectivity index (χ0) is 14.6. The molecule has 108 valence electrons. The van der Waals surface area contributed by atoms with Crippen LogP contribution in [0.5, 0.6) is 0 Å². The topological polar surface area (TPSA) is 95.9 Å². The molecule has 0 spiro atoms. The van der Waals surface area contributed by atoms with Crippen LogP contribution in [0.15, 0.2) is 0 Å². The minimum atomic E-state index is -0.902. The maximum Gasteiger partial charge on any atom is 0.328 e. The quantitative estimate of drug-likeness (QED) is 0.718. The molecule has 2 amide bonds. The lowest BCUT2D eigenvalue weighted by Gasteiger charge is -2.19. The Balaban J connectivity index is 2.51. The van der Waals surface area contributed by atoms with Crippen molar-refractivity contribution in [2.24, 2.45) is 11.8 Å². The highest BCUT2D eigenvalue weighted by atomic mass is 16.5. The van der Waals surface area contributed by atoms with Gasteiger partial charge in [-0.15, -0.1) is 0 Å². The fourth-order valence-corrected chi connectivity index (χ4v) is 2.06. The zero-order valence-corrected chi connectivity index (χ0v) is 11.4. The van der Waals surface area contributed by atoms with E-state index in [1.54, 1.807) is 13.8 Å². The Labute approximate surface area is 111 Å². The standard InChI is InChI=1S/C12H20N2O5/c1-4-19-11(17)8(3)13-12(18)14-5-7(2)9(6-14)10(15)16/h7-9H,4-6H2,1-3H3,(H,13,18)(H,15,16)/t7-,8?,9-/m1/s1. The number of aliphatic carboxylic acids is 1. The Bertz CT molecular complexity index is 371. The number of rotatable bonds is 4. The molecule has 0 aromatic carbocycles. The number of amides is 2. The molecule has 7 heteroatoms. The average molecular weight is 272 g/mol. The maximum absolute atomic E-state index is 11.9. The molecule has 3 atom stereocenters. The SMILES string of the molecule is CCOC(=O)C(C)NC(=O)N1C[C@@H](C)[C@H](C(=O)O)C1. The number of urea groups is 1. The minimum absolute atomic E-state index is 0.0962. The highest BCUT2D eigenvalue weighted by molar-refractivity contribution is 5.84. The van der Waals surface area contributed by atoms with Crippen LogP contribution < -0.4 is 5.32 Å². The number of carbonyl (C=O) groups is 3. The molecule has 0 aliphatic carbocycles.